The molecule has 2 aliphatic carbocycles. The van der Waals surface area contributed by atoms with Gasteiger partial charge in [-0.3, -0.25) is 19.3 Å². The topological polar surface area (TPSA) is 68.7 Å². The Kier molecular flexibility index (Phi) is 8.47. The lowest BCUT2D eigenvalue weighted by molar-refractivity contribution is -0.136. The van der Waals surface area contributed by atoms with Gasteiger partial charge in [0.05, 0.1) is 17.1 Å². The third-order valence-corrected chi connectivity index (χ3v) is 10.7. The molecule has 0 spiro atoms. The van der Waals surface area contributed by atoms with Crippen LogP contribution in [0.3, 0.4) is 0 Å². The Morgan fingerprint density at radius 3 is 2.50 bits per heavy atom. The molecule has 0 aromatic carbocycles. The standard InChI is InChI=1S/C32H45F3N6O/c1-21-6-5-12-38(16-21)18-23-14-27(32(33,34)35)28-20-40(31(42)41(28)19-23)26-10-4-9-25(15-26)29(24-7-3-8-24)30-22(2)17-39(37-30)13-11-36/h14,19-22,24-26,29-30,37H,3-10,12-13,15-18H2,1-2H3/t21-,22?,25?,26?,29+,30?/m0/s1. The zero-order chi connectivity index (χ0) is 29.6. The number of likely N-dealkylation sites (tertiary alicyclic amines) is 1. The van der Waals surface area contributed by atoms with Crippen molar-refractivity contribution in [1.82, 2.24) is 24.3 Å². The quantitative estimate of drug-likeness (QED) is 0.413. The van der Waals surface area contributed by atoms with Crippen molar-refractivity contribution in [3.05, 3.63) is 40.1 Å². The third kappa shape index (κ3) is 5.89. The number of alkyl halides is 3. The van der Waals surface area contributed by atoms with Gasteiger partial charge in [-0.1, -0.05) is 39.5 Å². The molecule has 6 rings (SSSR count). The van der Waals surface area contributed by atoms with Crippen molar-refractivity contribution >= 4 is 5.52 Å². The number of pyridine rings is 1. The average Bonchev–Trinajstić information content (AvgIpc) is 3.44. The van der Waals surface area contributed by atoms with Gasteiger partial charge in [-0.15, -0.1) is 0 Å². The van der Waals surface area contributed by atoms with E-state index in [0.717, 1.165) is 58.2 Å². The van der Waals surface area contributed by atoms with E-state index in [2.05, 4.69) is 30.2 Å². The molecule has 4 aliphatic rings. The predicted octanol–water partition coefficient (Wildman–Crippen LogP) is 5.85. The van der Waals surface area contributed by atoms with Crippen LogP contribution in [0.25, 0.3) is 5.52 Å². The summed E-state index contributed by atoms with van der Waals surface area (Å²) >= 11 is 0. The zero-order valence-corrected chi connectivity index (χ0v) is 25.0. The van der Waals surface area contributed by atoms with Crippen LogP contribution in [0, 0.1) is 40.9 Å². The van der Waals surface area contributed by atoms with Gasteiger partial charge >= 0.3 is 11.9 Å². The van der Waals surface area contributed by atoms with Crippen molar-refractivity contribution in [3.8, 4) is 6.07 Å². The second-order valence-corrected chi connectivity index (χ2v) is 13.8. The first-order valence-electron chi connectivity index (χ1n) is 16.1. The molecule has 4 unspecified atom stereocenters. The number of halogens is 3. The fraction of sp³-hybridized carbons (Fsp3) is 0.750. The van der Waals surface area contributed by atoms with Gasteiger partial charge in [0.15, 0.2) is 0 Å². The maximum Gasteiger partial charge on any atom is 0.418 e. The molecule has 1 N–H and O–H groups in total. The van der Waals surface area contributed by atoms with Crippen LogP contribution in [0.1, 0.15) is 88.8 Å². The van der Waals surface area contributed by atoms with Crippen LogP contribution in [0.5, 0.6) is 0 Å². The largest absolute Gasteiger partial charge is 0.418 e. The Balaban J connectivity index is 1.29. The molecule has 7 nitrogen and oxygen atoms in total. The first-order chi connectivity index (χ1) is 20.1. The van der Waals surface area contributed by atoms with Gasteiger partial charge in [-0.05, 0) is 79.9 Å². The number of imidazole rings is 1. The van der Waals surface area contributed by atoms with E-state index in [9.17, 15) is 23.2 Å². The molecule has 2 aromatic rings. The van der Waals surface area contributed by atoms with Gasteiger partial charge in [0.25, 0.3) is 0 Å². The molecule has 10 heteroatoms. The molecule has 6 atom stereocenters. The molecule has 42 heavy (non-hydrogen) atoms. The molecule has 0 bridgehead atoms. The van der Waals surface area contributed by atoms with Crippen molar-refractivity contribution in [2.24, 2.45) is 29.6 Å². The molecule has 4 fully saturated rings. The minimum atomic E-state index is -4.54. The average molecular weight is 587 g/mol. The zero-order valence-electron chi connectivity index (χ0n) is 25.0. The normalized spacial score (nSPS) is 30.8. The van der Waals surface area contributed by atoms with Gasteiger partial charge in [0.1, 0.15) is 6.54 Å². The Bertz CT molecular complexity index is 1360. The predicted molar refractivity (Wildman–Crippen MR) is 155 cm³/mol. The number of piperidine rings is 1. The number of nitriles is 1. The van der Waals surface area contributed by atoms with E-state index in [1.54, 1.807) is 10.8 Å². The van der Waals surface area contributed by atoms with Crippen molar-refractivity contribution in [3.63, 3.8) is 0 Å². The fourth-order valence-electron chi connectivity index (χ4n) is 8.64. The van der Waals surface area contributed by atoms with Crippen LogP contribution < -0.4 is 11.1 Å². The summed E-state index contributed by atoms with van der Waals surface area (Å²) < 4.78 is 45.9. The third-order valence-electron chi connectivity index (χ3n) is 10.7. The minimum absolute atomic E-state index is 0.0424. The lowest BCUT2D eigenvalue weighted by atomic mass is 9.62. The summed E-state index contributed by atoms with van der Waals surface area (Å²) in [6.07, 6.45) is 8.08. The smallest absolute Gasteiger partial charge is 0.299 e. The highest BCUT2D eigenvalue weighted by Gasteiger charge is 2.45. The summed E-state index contributed by atoms with van der Waals surface area (Å²) in [7, 11) is 0. The summed E-state index contributed by atoms with van der Waals surface area (Å²) in [5.74, 6) is 2.40. The number of aromatic nitrogens is 2. The van der Waals surface area contributed by atoms with Crippen LogP contribution in [0.15, 0.2) is 23.3 Å². The summed E-state index contributed by atoms with van der Waals surface area (Å²) in [5, 5.41) is 11.3. The lowest BCUT2D eigenvalue weighted by Gasteiger charge is -2.46. The Morgan fingerprint density at radius 1 is 1.05 bits per heavy atom. The molecule has 0 amide bonds. The van der Waals surface area contributed by atoms with E-state index < -0.39 is 11.7 Å². The van der Waals surface area contributed by atoms with Gasteiger partial charge in [0, 0.05) is 44.1 Å². The highest BCUT2D eigenvalue weighted by molar-refractivity contribution is 5.56. The highest BCUT2D eigenvalue weighted by Crippen LogP contribution is 2.48. The molecule has 2 aromatic heterocycles. The SMILES string of the molecule is CC1CN(CC#N)NC1[C@H](C1CCC1)C1CCCC(n2cc3c(C(F)(F)F)cc(CN4CCC[C@H](C)C4)cn3c2=O)C1. The molecule has 2 saturated carbocycles. The molecular formula is C32H45F3N6O. The Morgan fingerprint density at radius 2 is 1.81 bits per heavy atom. The maximum absolute atomic E-state index is 14.4. The van der Waals surface area contributed by atoms with Crippen molar-refractivity contribution in [2.45, 2.75) is 96.4 Å². The lowest BCUT2D eigenvalue weighted by Crippen LogP contribution is -2.48. The molecule has 2 aliphatic heterocycles. The Hall–Kier alpha value is -2.35. The second-order valence-electron chi connectivity index (χ2n) is 13.8. The number of hydrogen-bond acceptors (Lipinski definition) is 5. The molecule has 4 heterocycles. The van der Waals surface area contributed by atoms with Gasteiger partial charge in [-0.2, -0.15) is 18.4 Å². The number of nitrogens with zero attached hydrogens (tertiary/aromatic N) is 5. The van der Waals surface area contributed by atoms with E-state index in [1.165, 1.54) is 35.9 Å². The monoisotopic (exact) mass is 586 g/mol. The minimum Gasteiger partial charge on any atom is -0.299 e. The Labute approximate surface area is 246 Å². The molecular weight excluding hydrogens is 541 g/mol. The van der Waals surface area contributed by atoms with E-state index in [0.29, 0.717) is 48.2 Å². The van der Waals surface area contributed by atoms with Crippen LogP contribution in [0.4, 0.5) is 13.2 Å². The first-order valence-corrected chi connectivity index (χ1v) is 16.1. The summed E-state index contributed by atoms with van der Waals surface area (Å²) in [4.78, 5) is 16.0. The molecule has 230 valence electrons. The molecule has 0 radical (unpaired) electrons. The number of rotatable bonds is 7. The van der Waals surface area contributed by atoms with Gasteiger partial charge in [0.2, 0.25) is 0 Å². The highest BCUT2D eigenvalue weighted by atomic mass is 19.4. The maximum atomic E-state index is 14.4. The first kappa shape index (κ1) is 29.7. The van der Waals surface area contributed by atoms with Crippen LogP contribution in [-0.4, -0.2) is 51.1 Å². The number of hydrogen-bond donors (Lipinski definition) is 1. The number of nitrogens with one attached hydrogen (secondary N) is 1. The summed E-state index contributed by atoms with van der Waals surface area (Å²) in [5.41, 5.74) is 3.07. The second kappa shape index (κ2) is 12.0. The van der Waals surface area contributed by atoms with E-state index in [1.807, 2.05) is 5.01 Å². The number of hydrazine groups is 1. The van der Waals surface area contributed by atoms with Crippen LogP contribution >= 0.6 is 0 Å². The molecule has 2 saturated heterocycles. The van der Waals surface area contributed by atoms with Crippen LogP contribution in [0.2, 0.25) is 0 Å². The summed E-state index contributed by atoms with van der Waals surface area (Å²) in [6, 6.07) is 3.69. The summed E-state index contributed by atoms with van der Waals surface area (Å²) in [6.45, 7) is 7.80. The van der Waals surface area contributed by atoms with Crippen molar-refractivity contribution in [2.75, 3.05) is 26.2 Å². The van der Waals surface area contributed by atoms with E-state index in [-0.39, 0.29) is 23.3 Å². The van der Waals surface area contributed by atoms with Gasteiger partial charge in [-0.25, -0.2) is 9.80 Å². The van der Waals surface area contributed by atoms with Gasteiger partial charge < -0.3 is 0 Å². The van der Waals surface area contributed by atoms with Crippen LogP contribution in [-0.2, 0) is 12.7 Å². The number of fused-ring (bicyclic) bond motifs is 1. The van der Waals surface area contributed by atoms with Crippen molar-refractivity contribution in [1.29, 1.82) is 5.26 Å². The van der Waals surface area contributed by atoms with E-state index >= 15 is 0 Å². The van der Waals surface area contributed by atoms with Crippen molar-refractivity contribution < 1.29 is 13.2 Å². The fourth-order valence-corrected chi connectivity index (χ4v) is 8.64. The van der Waals surface area contributed by atoms with E-state index in [4.69, 9.17) is 0 Å².